The Morgan fingerprint density at radius 3 is 2.60 bits per heavy atom. The number of carboxylic acids is 1. The first kappa shape index (κ1) is 12.3. The molecule has 0 bridgehead atoms. The molecule has 1 N–H and O–H groups in total. The van der Waals surface area contributed by atoms with Crippen LogP contribution < -0.4 is 0 Å². The maximum absolute atomic E-state index is 11.2. The molecule has 86 valence electrons. The summed E-state index contributed by atoms with van der Waals surface area (Å²) in [5.41, 5.74) is 0. The topological polar surface area (TPSA) is 37.3 Å². The molecule has 2 atom stereocenters. The van der Waals surface area contributed by atoms with Crippen LogP contribution in [0.15, 0.2) is 12.2 Å². The predicted octanol–water partition coefficient (Wildman–Crippen LogP) is 3.48. The minimum absolute atomic E-state index is 0.127. The highest BCUT2D eigenvalue weighted by Gasteiger charge is 2.27. The van der Waals surface area contributed by atoms with Crippen molar-refractivity contribution in [2.45, 2.75) is 46.0 Å². The predicted molar refractivity (Wildman–Crippen MR) is 61.7 cm³/mol. The van der Waals surface area contributed by atoms with Crippen LogP contribution in [0.2, 0.25) is 0 Å². The van der Waals surface area contributed by atoms with Crippen LogP contribution in [0.1, 0.15) is 46.0 Å². The molecule has 0 heterocycles. The van der Waals surface area contributed by atoms with Gasteiger partial charge in [-0.3, -0.25) is 4.79 Å². The Labute approximate surface area is 92.4 Å². The van der Waals surface area contributed by atoms with Crippen LogP contribution in [0.3, 0.4) is 0 Å². The third-order valence-corrected chi connectivity index (χ3v) is 3.25. The van der Waals surface area contributed by atoms with Crippen molar-refractivity contribution in [3.8, 4) is 0 Å². The molecular weight excluding hydrogens is 188 g/mol. The highest BCUT2D eigenvalue weighted by atomic mass is 16.4. The van der Waals surface area contributed by atoms with Gasteiger partial charge in [-0.05, 0) is 37.5 Å². The van der Waals surface area contributed by atoms with Crippen LogP contribution in [0.4, 0.5) is 0 Å². The van der Waals surface area contributed by atoms with Crippen molar-refractivity contribution in [2.24, 2.45) is 17.8 Å². The quantitative estimate of drug-likeness (QED) is 0.705. The van der Waals surface area contributed by atoms with Gasteiger partial charge >= 0.3 is 5.97 Å². The molecule has 2 unspecified atom stereocenters. The van der Waals surface area contributed by atoms with Crippen LogP contribution in [-0.4, -0.2) is 11.1 Å². The van der Waals surface area contributed by atoms with E-state index in [1.807, 2.05) is 0 Å². The van der Waals surface area contributed by atoms with Crippen LogP contribution in [0.25, 0.3) is 0 Å². The molecule has 0 aromatic carbocycles. The number of hydrogen-bond acceptors (Lipinski definition) is 1. The second kappa shape index (κ2) is 5.94. The van der Waals surface area contributed by atoms with E-state index in [2.05, 4.69) is 26.0 Å². The Morgan fingerprint density at radius 2 is 2.13 bits per heavy atom. The molecule has 0 aliphatic heterocycles. The van der Waals surface area contributed by atoms with Crippen molar-refractivity contribution in [3.05, 3.63) is 12.2 Å². The zero-order valence-electron chi connectivity index (χ0n) is 9.78. The fourth-order valence-electron chi connectivity index (χ4n) is 2.26. The molecule has 2 nitrogen and oxygen atoms in total. The van der Waals surface area contributed by atoms with Gasteiger partial charge in [0.05, 0.1) is 5.92 Å². The fraction of sp³-hybridized carbons (Fsp3) is 0.769. The summed E-state index contributed by atoms with van der Waals surface area (Å²) >= 11 is 0. The SMILES string of the molecule is CC(C)CCC(C(=O)O)C1CC=CCC1. The van der Waals surface area contributed by atoms with E-state index in [9.17, 15) is 9.90 Å². The van der Waals surface area contributed by atoms with Crippen LogP contribution in [-0.2, 0) is 4.79 Å². The Hall–Kier alpha value is -0.790. The van der Waals surface area contributed by atoms with Gasteiger partial charge in [0.2, 0.25) is 0 Å². The van der Waals surface area contributed by atoms with Gasteiger partial charge in [-0.25, -0.2) is 0 Å². The first-order chi connectivity index (χ1) is 7.11. The molecule has 1 rings (SSSR count). The molecular formula is C13H22O2. The summed E-state index contributed by atoms with van der Waals surface area (Å²) in [5.74, 6) is 0.241. The smallest absolute Gasteiger partial charge is 0.306 e. The Bertz CT molecular complexity index is 231. The minimum Gasteiger partial charge on any atom is -0.481 e. The molecule has 0 radical (unpaired) electrons. The first-order valence-electron chi connectivity index (χ1n) is 5.99. The van der Waals surface area contributed by atoms with Gasteiger partial charge in [-0.2, -0.15) is 0 Å². The zero-order valence-corrected chi connectivity index (χ0v) is 9.78. The maximum atomic E-state index is 11.2. The summed E-state index contributed by atoms with van der Waals surface area (Å²) in [6, 6.07) is 0. The number of hydrogen-bond donors (Lipinski definition) is 1. The molecule has 1 aliphatic carbocycles. The van der Waals surface area contributed by atoms with Gasteiger partial charge in [0.1, 0.15) is 0 Å². The average Bonchev–Trinajstić information content (AvgIpc) is 2.18. The van der Waals surface area contributed by atoms with Crippen molar-refractivity contribution < 1.29 is 9.90 Å². The molecule has 0 spiro atoms. The summed E-state index contributed by atoms with van der Waals surface area (Å²) in [6.45, 7) is 4.30. The molecule has 15 heavy (non-hydrogen) atoms. The summed E-state index contributed by atoms with van der Waals surface area (Å²) < 4.78 is 0. The van der Waals surface area contributed by atoms with E-state index in [4.69, 9.17) is 0 Å². The van der Waals surface area contributed by atoms with Crippen LogP contribution in [0, 0.1) is 17.8 Å². The lowest BCUT2D eigenvalue weighted by Crippen LogP contribution is -2.24. The third-order valence-electron chi connectivity index (χ3n) is 3.25. The third kappa shape index (κ3) is 4.06. The van der Waals surface area contributed by atoms with Crippen molar-refractivity contribution in [1.82, 2.24) is 0 Å². The minimum atomic E-state index is -0.601. The van der Waals surface area contributed by atoms with E-state index in [1.165, 1.54) is 0 Å². The molecule has 0 saturated carbocycles. The average molecular weight is 210 g/mol. The van der Waals surface area contributed by atoms with Gasteiger partial charge in [0.25, 0.3) is 0 Å². The van der Waals surface area contributed by atoms with E-state index in [0.717, 1.165) is 32.1 Å². The van der Waals surface area contributed by atoms with Crippen LogP contribution in [0.5, 0.6) is 0 Å². The number of carboxylic acid groups (broad SMARTS) is 1. The Morgan fingerprint density at radius 1 is 1.40 bits per heavy atom. The number of allylic oxidation sites excluding steroid dienone is 2. The van der Waals surface area contributed by atoms with Crippen molar-refractivity contribution in [3.63, 3.8) is 0 Å². The lowest BCUT2D eigenvalue weighted by Gasteiger charge is -2.25. The summed E-state index contributed by atoms with van der Waals surface area (Å²) in [7, 11) is 0. The second-order valence-corrected chi connectivity index (χ2v) is 4.96. The van der Waals surface area contributed by atoms with Crippen LogP contribution >= 0.6 is 0 Å². The number of carbonyl (C=O) groups is 1. The van der Waals surface area contributed by atoms with Gasteiger partial charge in [0.15, 0.2) is 0 Å². The van der Waals surface area contributed by atoms with Crippen molar-refractivity contribution in [2.75, 3.05) is 0 Å². The normalized spacial score (nSPS) is 23.0. The molecule has 1 aliphatic rings. The van der Waals surface area contributed by atoms with Gasteiger partial charge < -0.3 is 5.11 Å². The molecule has 0 aromatic heterocycles. The van der Waals surface area contributed by atoms with E-state index < -0.39 is 5.97 Å². The standard InChI is InChI=1S/C13H22O2/c1-10(2)8-9-12(13(14)15)11-6-4-3-5-7-11/h3-4,10-12H,5-9H2,1-2H3,(H,14,15). The summed E-state index contributed by atoms with van der Waals surface area (Å²) in [4.78, 5) is 11.2. The molecule has 0 aromatic rings. The molecule has 0 amide bonds. The van der Waals surface area contributed by atoms with Crippen molar-refractivity contribution in [1.29, 1.82) is 0 Å². The Balaban J connectivity index is 2.49. The maximum Gasteiger partial charge on any atom is 0.306 e. The van der Waals surface area contributed by atoms with E-state index >= 15 is 0 Å². The summed E-state index contributed by atoms with van der Waals surface area (Å²) in [5, 5.41) is 9.21. The molecule has 0 fully saturated rings. The fourth-order valence-corrected chi connectivity index (χ4v) is 2.26. The largest absolute Gasteiger partial charge is 0.481 e. The highest BCUT2D eigenvalue weighted by molar-refractivity contribution is 5.70. The lowest BCUT2D eigenvalue weighted by molar-refractivity contribution is -0.144. The monoisotopic (exact) mass is 210 g/mol. The number of aliphatic carboxylic acids is 1. The van der Waals surface area contributed by atoms with Gasteiger partial charge in [-0.1, -0.05) is 32.4 Å². The first-order valence-corrected chi connectivity index (χ1v) is 5.99. The highest BCUT2D eigenvalue weighted by Crippen LogP contribution is 2.30. The molecule has 0 saturated heterocycles. The van der Waals surface area contributed by atoms with Gasteiger partial charge in [0, 0.05) is 0 Å². The van der Waals surface area contributed by atoms with Gasteiger partial charge in [-0.15, -0.1) is 0 Å². The van der Waals surface area contributed by atoms with E-state index in [1.54, 1.807) is 0 Å². The summed E-state index contributed by atoms with van der Waals surface area (Å²) in [6.07, 6.45) is 9.22. The van der Waals surface area contributed by atoms with E-state index in [-0.39, 0.29) is 5.92 Å². The number of rotatable bonds is 5. The molecule has 2 heteroatoms. The zero-order chi connectivity index (χ0) is 11.3. The second-order valence-electron chi connectivity index (χ2n) is 4.96. The lowest BCUT2D eigenvalue weighted by atomic mass is 9.80. The Kier molecular flexibility index (Phi) is 4.86. The van der Waals surface area contributed by atoms with E-state index in [0.29, 0.717) is 11.8 Å². The van der Waals surface area contributed by atoms with Crippen molar-refractivity contribution >= 4 is 5.97 Å².